The topological polar surface area (TPSA) is 35.2 Å². The minimum atomic E-state index is -0.431. The van der Waals surface area contributed by atoms with E-state index in [0.717, 1.165) is 22.2 Å². The van der Waals surface area contributed by atoms with Crippen LogP contribution in [0.3, 0.4) is 0 Å². The summed E-state index contributed by atoms with van der Waals surface area (Å²) in [5.41, 5.74) is 9.63. The molecule has 2 nitrogen and oxygen atoms in total. The van der Waals surface area contributed by atoms with Crippen molar-refractivity contribution in [1.29, 1.82) is 0 Å². The van der Waals surface area contributed by atoms with Crippen LogP contribution in [0.1, 0.15) is 23.6 Å². The third kappa shape index (κ3) is 3.22. The van der Waals surface area contributed by atoms with Crippen molar-refractivity contribution in [1.82, 2.24) is 0 Å². The standard InChI is InChI=1S/C17H20BrNO/c1-12-6-4-5-7-15(12)17(2,19)11-13-10-14(18)8-9-16(13)20-3/h4-10H,11,19H2,1-3H3. The highest BCUT2D eigenvalue weighted by molar-refractivity contribution is 9.10. The lowest BCUT2D eigenvalue weighted by Gasteiger charge is -2.28. The van der Waals surface area contributed by atoms with Gasteiger partial charge in [0.15, 0.2) is 0 Å². The summed E-state index contributed by atoms with van der Waals surface area (Å²) in [6.07, 6.45) is 0.723. The smallest absolute Gasteiger partial charge is 0.122 e. The van der Waals surface area contributed by atoms with E-state index in [1.54, 1.807) is 7.11 Å². The second kappa shape index (κ2) is 5.98. The van der Waals surface area contributed by atoms with Crippen LogP contribution in [-0.4, -0.2) is 7.11 Å². The van der Waals surface area contributed by atoms with E-state index in [1.807, 2.05) is 24.3 Å². The second-order valence-corrected chi connectivity index (χ2v) is 6.28. The van der Waals surface area contributed by atoms with Crippen LogP contribution in [0, 0.1) is 6.92 Å². The number of halogens is 1. The molecule has 0 radical (unpaired) electrons. The molecule has 3 heteroatoms. The van der Waals surface area contributed by atoms with Crippen LogP contribution >= 0.6 is 15.9 Å². The fourth-order valence-corrected chi connectivity index (χ4v) is 3.00. The van der Waals surface area contributed by atoms with Crippen molar-refractivity contribution in [2.24, 2.45) is 5.73 Å². The van der Waals surface area contributed by atoms with E-state index in [1.165, 1.54) is 11.1 Å². The average Bonchev–Trinajstić information content (AvgIpc) is 2.39. The number of benzene rings is 2. The van der Waals surface area contributed by atoms with Gasteiger partial charge in [0.1, 0.15) is 5.75 Å². The molecule has 0 aliphatic rings. The molecule has 0 amide bonds. The molecule has 0 fully saturated rings. The number of hydrogen-bond acceptors (Lipinski definition) is 2. The fraction of sp³-hybridized carbons (Fsp3) is 0.294. The first kappa shape index (κ1) is 15.1. The van der Waals surface area contributed by atoms with Crippen LogP contribution < -0.4 is 10.5 Å². The molecule has 20 heavy (non-hydrogen) atoms. The molecule has 2 N–H and O–H groups in total. The Kier molecular flexibility index (Phi) is 4.51. The van der Waals surface area contributed by atoms with E-state index in [-0.39, 0.29) is 0 Å². The van der Waals surface area contributed by atoms with Crippen LogP contribution in [-0.2, 0) is 12.0 Å². The predicted octanol–water partition coefficient (Wildman–Crippen LogP) is 4.18. The van der Waals surface area contributed by atoms with Gasteiger partial charge in [-0.05, 0) is 55.2 Å². The van der Waals surface area contributed by atoms with Crippen LogP contribution in [0.25, 0.3) is 0 Å². The van der Waals surface area contributed by atoms with Crippen LogP contribution in [0.5, 0.6) is 5.75 Å². The third-order valence-electron chi connectivity index (χ3n) is 3.56. The van der Waals surface area contributed by atoms with Crippen molar-refractivity contribution in [3.63, 3.8) is 0 Å². The van der Waals surface area contributed by atoms with Gasteiger partial charge in [-0.1, -0.05) is 40.2 Å². The Balaban J connectivity index is 2.38. The molecule has 2 rings (SSSR count). The summed E-state index contributed by atoms with van der Waals surface area (Å²) >= 11 is 3.51. The Morgan fingerprint density at radius 2 is 1.90 bits per heavy atom. The first-order valence-corrected chi connectivity index (χ1v) is 7.41. The van der Waals surface area contributed by atoms with Gasteiger partial charge in [0.25, 0.3) is 0 Å². The van der Waals surface area contributed by atoms with Gasteiger partial charge in [0, 0.05) is 10.0 Å². The summed E-state index contributed by atoms with van der Waals surface area (Å²) in [6, 6.07) is 14.3. The molecule has 1 atom stereocenters. The van der Waals surface area contributed by atoms with E-state index in [0.29, 0.717) is 0 Å². The Morgan fingerprint density at radius 1 is 1.20 bits per heavy atom. The van der Waals surface area contributed by atoms with E-state index >= 15 is 0 Å². The molecule has 106 valence electrons. The van der Waals surface area contributed by atoms with E-state index < -0.39 is 5.54 Å². The van der Waals surface area contributed by atoms with Crippen molar-refractivity contribution in [3.8, 4) is 5.75 Å². The number of nitrogens with two attached hydrogens (primary N) is 1. The first-order chi connectivity index (χ1) is 9.44. The van der Waals surface area contributed by atoms with Crippen molar-refractivity contribution < 1.29 is 4.74 Å². The minimum Gasteiger partial charge on any atom is -0.496 e. The summed E-state index contributed by atoms with van der Waals surface area (Å²) in [6.45, 7) is 4.16. The molecule has 0 bridgehead atoms. The van der Waals surface area contributed by atoms with Crippen molar-refractivity contribution >= 4 is 15.9 Å². The van der Waals surface area contributed by atoms with Crippen molar-refractivity contribution in [2.45, 2.75) is 25.8 Å². The number of ether oxygens (including phenoxy) is 1. The molecule has 0 aliphatic carbocycles. The monoisotopic (exact) mass is 333 g/mol. The lowest BCUT2D eigenvalue weighted by Crippen LogP contribution is -2.36. The maximum Gasteiger partial charge on any atom is 0.122 e. The average molecular weight is 334 g/mol. The van der Waals surface area contributed by atoms with Gasteiger partial charge in [-0.25, -0.2) is 0 Å². The molecule has 0 saturated heterocycles. The number of hydrogen-bond donors (Lipinski definition) is 1. The molecular weight excluding hydrogens is 314 g/mol. The zero-order valence-corrected chi connectivity index (χ0v) is 13.7. The zero-order chi connectivity index (χ0) is 14.8. The van der Waals surface area contributed by atoms with Gasteiger partial charge in [0.2, 0.25) is 0 Å². The molecule has 1 unspecified atom stereocenters. The number of rotatable bonds is 4. The fourth-order valence-electron chi connectivity index (χ4n) is 2.59. The summed E-state index contributed by atoms with van der Waals surface area (Å²) in [5, 5.41) is 0. The maximum atomic E-state index is 6.57. The summed E-state index contributed by atoms with van der Waals surface area (Å²) in [7, 11) is 1.69. The SMILES string of the molecule is COc1ccc(Br)cc1CC(C)(N)c1ccccc1C. The molecule has 0 spiro atoms. The van der Waals surface area contributed by atoms with Crippen LogP contribution in [0.4, 0.5) is 0 Å². The molecule has 2 aromatic rings. The first-order valence-electron chi connectivity index (χ1n) is 6.61. The van der Waals surface area contributed by atoms with Gasteiger partial charge in [-0.15, -0.1) is 0 Å². The lowest BCUT2D eigenvalue weighted by atomic mass is 9.84. The number of aryl methyl sites for hydroxylation is 1. The molecular formula is C17H20BrNO. The van der Waals surface area contributed by atoms with Gasteiger partial charge in [0.05, 0.1) is 7.11 Å². The zero-order valence-electron chi connectivity index (χ0n) is 12.1. The molecule has 0 aromatic heterocycles. The van der Waals surface area contributed by atoms with Crippen LogP contribution in [0.15, 0.2) is 46.9 Å². The quantitative estimate of drug-likeness (QED) is 0.910. The van der Waals surface area contributed by atoms with Gasteiger partial charge in [-0.3, -0.25) is 0 Å². The molecule has 0 saturated carbocycles. The largest absolute Gasteiger partial charge is 0.496 e. The van der Waals surface area contributed by atoms with E-state index in [2.05, 4.69) is 48.0 Å². The van der Waals surface area contributed by atoms with Crippen molar-refractivity contribution in [2.75, 3.05) is 7.11 Å². The molecule has 0 aliphatic heterocycles. The highest BCUT2D eigenvalue weighted by Crippen LogP contribution is 2.31. The summed E-state index contributed by atoms with van der Waals surface area (Å²) in [5.74, 6) is 0.874. The normalized spacial score (nSPS) is 13.8. The summed E-state index contributed by atoms with van der Waals surface area (Å²) in [4.78, 5) is 0. The van der Waals surface area contributed by atoms with E-state index in [9.17, 15) is 0 Å². The minimum absolute atomic E-state index is 0.431. The Morgan fingerprint density at radius 3 is 2.55 bits per heavy atom. The van der Waals surface area contributed by atoms with E-state index in [4.69, 9.17) is 10.5 Å². The van der Waals surface area contributed by atoms with Gasteiger partial charge >= 0.3 is 0 Å². The molecule has 0 heterocycles. The lowest BCUT2D eigenvalue weighted by molar-refractivity contribution is 0.399. The van der Waals surface area contributed by atoms with Crippen LogP contribution in [0.2, 0.25) is 0 Å². The predicted molar refractivity (Wildman–Crippen MR) is 87.1 cm³/mol. The Bertz CT molecular complexity index is 608. The van der Waals surface area contributed by atoms with Crippen molar-refractivity contribution in [3.05, 3.63) is 63.6 Å². The highest BCUT2D eigenvalue weighted by Gasteiger charge is 2.24. The summed E-state index contributed by atoms with van der Waals surface area (Å²) < 4.78 is 6.47. The second-order valence-electron chi connectivity index (χ2n) is 5.37. The maximum absolute atomic E-state index is 6.57. The Labute approximate surface area is 129 Å². The third-order valence-corrected chi connectivity index (χ3v) is 4.05. The highest BCUT2D eigenvalue weighted by atomic mass is 79.9. The van der Waals surface area contributed by atoms with Gasteiger partial charge in [-0.2, -0.15) is 0 Å². The number of methoxy groups -OCH3 is 1. The molecule has 2 aromatic carbocycles. The van der Waals surface area contributed by atoms with Gasteiger partial charge < -0.3 is 10.5 Å². The Hall–Kier alpha value is -1.32.